The van der Waals surface area contributed by atoms with Gasteiger partial charge >= 0.3 is 0 Å². The Hall–Kier alpha value is -1.63. The molecule has 0 saturated heterocycles. The van der Waals surface area contributed by atoms with Crippen LogP contribution in [0.5, 0.6) is 0 Å². The van der Waals surface area contributed by atoms with Crippen molar-refractivity contribution in [3.8, 4) is 0 Å². The summed E-state index contributed by atoms with van der Waals surface area (Å²) >= 11 is 0. The van der Waals surface area contributed by atoms with Crippen LogP contribution in [0.15, 0.2) is 28.3 Å². The van der Waals surface area contributed by atoms with Crippen molar-refractivity contribution in [2.45, 2.75) is 13.8 Å². The predicted molar refractivity (Wildman–Crippen MR) is 73.0 cm³/mol. The maximum atomic E-state index is 12.1. The Morgan fingerprint density at radius 2 is 2.26 bits per heavy atom. The Balaban J connectivity index is 2.24. The lowest BCUT2D eigenvalue weighted by molar-refractivity contribution is -0.117. The van der Waals surface area contributed by atoms with Crippen LogP contribution in [0.3, 0.4) is 0 Å². The molecule has 2 aliphatic heterocycles. The molecule has 2 heterocycles. The monoisotopic (exact) mass is 283 g/mol. The van der Waals surface area contributed by atoms with E-state index in [2.05, 4.69) is 9.71 Å². The summed E-state index contributed by atoms with van der Waals surface area (Å²) in [5, 5.41) is 2.77. The van der Waals surface area contributed by atoms with Crippen LogP contribution < -0.4 is 5.32 Å². The normalized spacial score (nSPS) is 20.7. The predicted octanol–water partition coefficient (Wildman–Crippen LogP) is 0.256. The third-order valence-electron chi connectivity index (χ3n) is 2.77. The van der Waals surface area contributed by atoms with Crippen LogP contribution in [0, 0.1) is 5.92 Å². The number of fused-ring (bicyclic) bond motifs is 1. The molecular weight excluding hydrogens is 266 g/mol. The smallest absolute Gasteiger partial charge is 0.256 e. The zero-order chi connectivity index (χ0) is 14.0. The summed E-state index contributed by atoms with van der Waals surface area (Å²) in [4.78, 5) is 13.7. The zero-order valence-corrected chi connectivity index (χ0v) is 11.8. The molecule has 0 aromatic carbocycles. The third kappa shape index (κ3) is 3.23. The fourth-order valence-corrected chi connectivity index (χ4v) is 2.77. The van der Waals surface area contributed by atoms with Gasteiger partial charge in [-0.05, 0) is 18.1 Å². The Morgan fingerprint density at radius 3 is 2.95 bits per heavy atom. The molecule has 7 heteroatoms. The first-order valence-corrected chi connectivity index (χ1v) is 7.76. The van der Waals surface area contributed by atoms with Gasteiger partial charge in [0.15, 0.2) is 5.84 Å². The van der Waals surface area contributed by atoms with E-state index >= 15 is 0 Å². The first kappa shape index (κ1) is 13.8. The molecule has 0 aromatic heterocycles. The number of carbonyl (C=O) groups is 1. The quantitative estimate of drug-likeness (QED) is 0.805. The second-order valence-electron chi connectivity index (χ2n) is 4.92. The highest BCUT2D eigenvalue weighted by Crippen LogP contribution is 2.17. The number of hydrogen-bond acceptors (Lipinski definition) is 4. The van der Waals surface area contributed by atoms with Crippen molar-refractivity contribution in [3.05, 3.63) is 23.9 Å². The highest BCUT2D eigenvalue weighted by molar-refractivity contribution is 7.90. The topological polar surface area (TPSA) is 78.8 Å². The van der Waals surface area contributed by atoms with Gasteiger partial charge in [0, 0.05) is 19.3 Å². The Bertz CT molecular complexity index is 573. The van der Waals surface area contributed by atoms with Crippen LogP contribution in [0.2, 0.25) is 0 Å². The molecule has 104 valence electrons. The van der Waals surface area contributed by atoms with Crippen molar-refractivity contribution in [1.82, 2.24) is 10.2 Å². The lowest BCUT2D eigenvalue weighted by atomic mass is 10.1. The molecular formula is C12H17N3O3S. The van der Waals surface area contributed by atoms with E-state index in [-0.39, 0.29) is 17.5 Å². The lowest BCUT2D eigenvalue weighted by Crippen LogP contribution is -2.42. The second-order valence-corrected chi connectivity index (χ2v) is 6.67. The number of rotatable bonds is 3. The van der Waals surface area contributed by atoms with Crippen molar-refractivity contribution in [3.63, 3.8) is 0 Å². The summed E-state index contributed by atoms with van der Waals surface area (Å²) in [6.07, 6.45) is 5.04. The number of sulfonamides is 1. The van der Waals surface area contributed by atoms with Crippen LogP contribution in [0.4, 0.5) is 0 Å². The van der Waals surface area contributed by atoms with Gasteiger partial charge in [0.25, 0.3) is 15.9 Å². The summed E-state index contributed by atoms with van der Waals surface area (Å²) in [6, 6.07) is 0. The second kappa shape index (κ2) is 5.16. The summed E-state index contributed by atoms with van der Waals surface area (Å²) < 4.78 is 26.8. The fourth-order valence-electron chi connectivity index (χ4n) is 1.79. The highest BCUT2D eigenvalue weighted by Gasteiger charge is 2.29. The molecule has 1 amide bonds. The van der Waals surface area contributed by atoms with Gasteiger partial charge in [0.2, 0.25) is 0 Å². The molecule has 0 spiro atoms. The largest absolute Gasteiger partial charge is 0.352 e. The minimum absolute atomic E-state index is 0.0261. The number of carbonyl (C=O) groups excluding carboxylic acids is 1. The summed E-state index contributed by atoms with van der Waals surface area (Å²) in [5.41, 5.74) is 0.298. The molecule has 0 bridgehead atoms. The average molecular weight is 283 g/mol. The molecule has 19 heavy (non-hydrogen) atoms. The SMILES string of the molecule is CC(C)CNC(=O)C1=CC=CN2CCS(=O)(=O)N=C12. The highest BCUT2D eigenvalue weighted by atomic mass is 32.2. The molecule has 2 rings (SSSR count). The van der Waals surface area contributed by atoms with E-state index in [0.717, 1.165) is 0 Å². The van der Waals surface area contributed by atoms with Gasteiger partial charge in [-0.3, -0.25) is 4.79 Å². The van der Waals surface area contributed by atoms with Crippen molar-refractivity contribution in [1.29, 1.82) is 0 Å². The third-order valence-corrected chi connectivity index (χ3v) is 3.92. The van der Waals surface area contributed by atoms with Gasteiger partial charge in [-0.2, -0.15) is 0 Å². The Morgan fingerprint density at radius 1 is 1.53 bits per heavy atom. The minimum Gasteiger partial charge on any atom is -0.352 e. The van der Waals surface area contributed by atoms with Crippen molar-refractivity contribution in [2.24, 2.45) is 10.3 Å². The van der Waals surface area contributed by atoms with Crippen LogP contribution in [-0.2, 0) is 14.8 Å². The van der Waals surface area contributed by atoms with Crippen LogP contribution in [0.1, 0.15) is 13.8 Å². The Labute approximate surface area is 112 Å². The number of amides is 1. The zero-order valence-electron chi connectivity index (χ0n) is 11.0. The van der Waals surface area contributed by atoms with E-state index in [0.29, 0.717) is 24.6 Å². The van der Waals surface area contributed by atoms with Crippen LogP contribution >= 0.6 is 0 Å². The summed E-state index contributed by atoms with van der Waals surface area (Å²) in [5.74, 6) is 0.229. The van der Waals surface area contributed by atoms with E-state index in [4.69, 9.17) is 0 Å². The minimum atomic E-state index is -3.46. The first-order valence-electron chi connectivity index (χ1n) is 6.15. The van der Waals surface area contributed by atoms with Gasteiger partial charge in [0.1, 0.15) is 0 Å². The van der Waals surface area contributed by atoms with E-state index in [1.807, 2.05) is 13.8 Å². The summed E-state index contributed by atoms with van der Waals surface area (Å²) in [7, 11) is -3.46. The number of nitrogens with one attached hydrogen (secondary N) is 1. The van der Waals surface area contributed by atoms with Crippen molar-refractivity contribution < 1.29 is 13.2 Å². The van der Waals surface area contributed by atoms with E-state index in [9.17, 15) is 13.2 Å². The van der Waals surface area contributed by atoms with E-state index in [1.165, 1.54) is 0 Å². The van der Waals surface area contributed by atoms with Gasteiger partial charge in [0.05, 0.1) is 11.3 Å². The average Bonchev–Trinajstić information content (AvgIpc) is 2.34. The van der Waals surface area contributed by atoms with Crippen LogP contribution in [0.25, 0.3) is 0 Å². The number of nitrogens with zero attached hydrogens (tertiary/aromatic N) is 2. The summed E-state index contributed by atoms with van der Waals surface area (Å²) in [6.45, 7) is 4.85. The fraction of sp³-hybridized carbons (Fsp3) is 0.500. The van der Waals surface area contributed by atoms with Gasteiger partial charge < -0.3 is 10.2 Å². The van der Waals surface area contributed by atoms with Crippen molar-refractivity contribution in [2.75, 3.05) is 18.8 Å². The molecule has 0 aromatic rings. The molecule has 0 saturated carbocycles. The van der Waals surface area contributed by atoms with E-state index in [1.54, 1.807) is 23.3 Å². The van der Waals surface area contributed by atoms with Crippen LogP contribution in [-0.4, -0.2) is 43.9 Å². The molecule has 0 atom stereocenters. The molecule has 2 aliphatic rings. The molecule has 6 nitrogen and oxygen atoms in total. The van der Waals surface area contributed by atoms with Crippen molar-refractivity contribution >= 4 is 21.8 Å². The van der Waals surface area contributed by atoms with Gasteiger partial charge in [-0.15, -0.1) is 4.40 Å². The molecule has 0 radical (unpaired) electrons. The molecule has 1 N–H and O–H groups in total. The Kier molecular flexibility index (Phi) is 3.75. The number of amidine groups is 1. The molecule has 0 aliphatic carbocycles. The van der Waals surface area contributed by atoms with E-state index < -0.39 is 10.0 Å². The standard InChI is InChI=1S/C12H17N3O3S/c1-9(2)8-13-12(16)10-4-3-5-15-6-7-19(17,18)14-11(10)15/h3-5,9H,6-8H2,1-2H3,(H,13,16). The maximum absolute atomic E-state index is 12.1. The number of hydrogen-bond donors (Lipinski definition) is 1. The first-order chi connectivity index (χ1) is 8.89. The molecule has 0 unspecified atom stereocenters. The van der Waals surface area contributed by atoms with Gasteiger partial charge in [-0.1, -0.05) is 13.8 Å². The molecule has 0 fully saturated rings. The lowest BCUT2D eigenvalue weighted by Gasteiger charge is -2.28. The maximum Gasteiger partial charge on any atom is 0.256 e. The number of allylic oxidation sites excluding steroid dienone is 2. The van der Waals surface area contributed by atoms with Gasteiger partial charge in [-0.25, -0.2) is 8.42 Å².